The summed E-state index contributed by atoms with van der Waals surface area (Å²) in [7, 11) is -6.10. The van der Waals surface area contributed by atoms with Crippen molar-refractivity contribution in [3.05, 3.63) is 30.3 Å². The van der Waals surface area contributed by atoms with E-state index in [2.05, 4.69) is 57.4 Å². The van der Waals surface area contributed by atoms with E-state index in [1.54, 1.807) is 0 Å². The SMILES string of the molecule is CC1(C)CC(Nc2ccc(-c3ccc(OS(=O)(=O)C(F)(F)F)cc3OC(F)(F)F)nn2)CC(C)(C)N1. The summed E-state index contributed by atoms with van der Waals surface area (Å²) in [5.74, 6) is -1.68. The molecule has 0 unspecified atom stereocenters. The maximum absolute atomic E-state index is 12.9. The molecule has 3 rings (SSSR count). The van der Waals surface area contributed by atoms with Gasteiger partial charge < -0.3 is 19.6 Å². The van der Waals surface area contributed by atoms with Crippen molar-refractivity contribution in [1.82, 2.24) is 15.5 Å². The number of rotatable bonds is 6. The molecule has 1 fully saturated rings. The molecule has 0 bridgehead atoms. The van der Waals surface area contributed by atoms with E-state index in [1.165, 1.54) is 12.1 Å². The second-order valence-electron chi connectivity index (χ2n) is 9.64. The quantitative estimate of drug-likeness (QED) is 0.299. The number of nitrogens with one attached hydrogen (secondary N) is 2. The molecule has 1 aliphatic rings. The minimum absolute atomic E-state index is 0.0348. The van der Waals surface area contributed by atoms with E-state index in [4.69, 9.17) is 0 Å². The van der Waals surface area contributed by atoms with Gasteiger partial charge in [0.1, 0.15) is 17.3 Å². The molecule has 2 aromatic rings. The average Bonchev–Trinajstić information content (AvgIpc) is 2.64. The molecular formula is C21H24F6N4O4S. The summed E-state index contributed by atoms with van der Waals surface area (Å²) in [6.07, 6.45) is -3.70. The predicted octanol–water partition coefficient (Wildman–Crippen LogP) is 4.99. The van der Waals surface area contributed by atoms with Crippen LogP contribution in [0.15, 0.2) is 30.3 Å². The minimum Gasteiger partial charge on any atom is -0.405 e. The molecule has 1 saturated heterocycles. The van der Waals surface area contributed by atoms with Crippen LogP contribution in [0.1, 0.15) is 40.5 Å². The summed E-state index contributed by atoms with van der Waals surface area (Å²) in [6, 6.07) is 4.87. The lowest BCUT2D eigenvalue weighted by Gasteiger charge is -2.46. The van der Waals surface area contributed by atoms with E-state index in [1.807, 2.05) is 0 Å². The summed E-state index contributed by atoms with van der Waals surface area (Å²) < 4.78 is 107. The van der Waals surface area contributed by atoms with Crippen LogP contribution in [-0.4, -0.2) is 47.6 Å². The van der Waals surface area contributed by atoms with Crippen LogP contribution in [0.5, 0.6) is 11.5 Å². The molecule has 1 aromatic carbocycles. The molecule has 0 radical (unpaired) electrons. The lowest BCUT2D eigenvalue weighted by molar-refractivity contribution is -0.274. The standard InChI is InChI=1S/C21H24F6N4O4S/c1-18(2)10-12(11-19(3,4)31-18)28-17-8-7-15(29-30-17)14-6-5-13(9-16(14)34-20(22,23)24)35-36(32,33)21(25,26)27/h5-9,12,31H,10-11H2,1-4H3,(H,28,30). The molecular weight excluding hydrogens is 518 g/mol. The van der Waals surface area contributed by atoms with Gasteiger partial charge in [-0.05, 0) is 64.8 Å². The highest BCUT2D eigenvalue weighted by Gasteiger charge is 2.48. The molecule has 15 heteroatoms. The molecule has 0 atom stereocenters. The Hall–Kier alpha value is -2.81. The molecule has 2 heterocycles. The predicted molar refractivity (Wildman–Crippen MR) is 118 cm³/mol. The Morgan fingerprint density at radius 1 is 0.972 bits per heavy atom. The summed E-state index contributed by atoms with van der Waals surface area (Å²) >= 11 is 0. The van der Waals surface area contributed by atoms with Gasteiger partial charge in [-0.25, -0.2) is 0 Å². The summed E-state index contributed by atoms with van der Waals surface area (Å²) in [4.78, 5) is 0. The van der Waals surface area contributed by atoms with E-state index in [-0.39, 0.29) is 28.4 Å². The number of hydrogen-bond acceptors (Lipinski definition) is 8. The first-order chi connectivity index (χ1) is 16.3. The van der Waals surface area contributed by atoms with Gasteiger partial charge in [-0.15, -0.1) is 23.4 Å². The zero-order chi connectivity index (χ0) is 27.2. The van der Waals surface area contributed by atoms with E-state index in [0.29, 0.717) is 11.9 Å². The van der Waals surface area contributed by atoms with Crippen LogP contribution in [0.25, 0.3) is 11.3 Å². The average molecular weight is 543 g/mol. The largest absolute Gasteiger partial charge is 0.573 e. The van der Waals surface area contributed by atoms with Crippen molar-refractivity contribution >= 4 is 15.9 Å². The number of hydrogen-bond donors (Lipinski definition) is 2. The number of alkyl halides is 6. The summed E-state index contributed by atoms with van der Waals surface area (Å²) in [5.41, 5.74) is -6.48. The third-order valence-corrected chi connectivity index (χ3v) is 6.13. The first-order valence-electron chi connectivity index (χ1n) is 10.6. The van der Waals surface area contributed by atoms with Crippen molar-refractivity contribution in [2.45, 2.75) is 69.5 Å². The van der Waals surface area contributed by atoms with Crippen LogP contribution in [0.3, 0.4) is 0 Å². The number of anilines is 1. The lowest BCUT2D eigenvalue weighted by atomic mass is 9.79. The van der Waals surface area contributed by atoms with Crippen LogP contribution in [0.4, 0.5) is 32.2 Å². The number of piperidine rings is 1. The third kappa shape index (κ3) is 7.12. The smallest absolute Gasteiger partial charge is 0.405 e. The molecule has 0 saturated carbocycles. The van der Waals surface area contributed by atoms with Crippen molar-refractivity contribution in [3.63, 3.8) is 0 Å². The van der Waals surface area contributed by atoms with Crippen molar-refractivity contribution in [2.24, 2.45) is 0 Å². The number of nitrogens with zero attached hydrogens (tertiary/aromatic N) is 2. The van der Waals surface area contributed by atoms with E-state index in [0.717, 1.165) is 25.0 Å². The summed E-state index contributed by atoms with van der Waals surface area (Å²) in [6.45, 7) is 8.25. The number of aromatic nitrogens is 2. The monoisotopic (exact) mass is 542 g/mol. The van der Waals surface area contributed by atoms with Crippen molar-refractivity contribution < 1.29 is 43.7 Å². The Balaban J connectivity index is 1.87. The zero-order valence-electron chi connectivity index (χ0n) is 19.6. The Bertz CT molecular complexity index is 1180. The van der Waals surface area contributed by atoms with Crippen molar-refractivity contribution in [3.8, 4) is 22.8 Å². The van der Waals surface area contributed by atoms with Gasteiger partial charge in [-0.2, -0.15) is 21.6 Å². The van der Waals surface area contributed by atoms with Gasteiger partial charge in [-0.1, -0.05) is 0 Å². The van der Waals surface area contributed by atoms with Crippen molar-refractivity contribution in [2.75, 3.05) is 5.32 Å². The molecule has 36 heavy (non-hydrogen) atoms. The first kappa shape index (κ1) is 27.8. The maximum atomic E-state index is 12.9. The molecule has 1 aliphatic heterocycles. The van der Waals surface area contributed by atoms with Crippen LogP contribution in [0, 0.1) is 0 Å². The molecule has 2 N–H and O–H groups in total. The Labute approximate surface area is 203 Å². The van der Waals surface area contributed by atoms with Gasteiger partial charge in [0, 0.05) is 28.7 Å². The van der Waals surface area contributed by atoms with Crippen LogP contribution in [0.2, 0.25) is 0 Å². The van der Waals surface area contributed by atoms with E-state index >= 15 is 0 Å². The normalized spacial score (nSPS) is 18.5. The lowest BCUT2D eigenvalue weighted by Crippen LogP contribution is -2.60. The van der Waals surface area contributed by atoms with Gasteiger partial charge >= 0.3 is 22.0 Å². The molecule has 8 nitrogen and oxygen atoms in total. The molecule has 200 valence electrons. The molecule has 0 amide bonds. The van der Waals surface area contributed by atoms with Crippen LogP contribution in [-0.2, 0) is 10.1 Å². The van der Waals surface area contributed by atoms with Gasteiger partial charge in [0.05, 0.1) is 5.69 Å². The van der Waals surface area contributed by atoms with Gasteiger partial charge in [0.25, 0.3) is 0 Å². The second kappa shape index (κ2) is 9.25. The summed E-state index contributed by atoms with van der Waals surface area (Å²) in [5, 5.41) is 14.7. The van der Waals surface area contributed by atoms with Crippen molar-refractivity contribution in [1.29, 1.82) is 0 Å². The topological polar surface area (TPSA) is 102 Å². The zero-order valence-corrected chi connectivity index (χ0v) is 20.4. The fourth-order valence-corrected chi connectivity index (χ4v) is 4.79. The van der Waals surface area contributed by atoms with Gasteiger partial charge in [0.2, 0.25) is 0 Å². The highest BCUT2D eigenvalue weighted by Crippen LogP contribution is 2.38. The second-order valence-corrected chi connectivity index (χ2v) is 11.2. The van der Waals surface area contributed by atoms with Crippen LogP contribution >= 0.6 is 0 Å². The molecule has 1 aromatic heterocycles. The van der Waals surface area contributed by atoms with E-state index in [9.17, 15) is 34.8 Å². The minimum atomic E-state index is -6.10. The molecule has 0 aliphatic carbocycles. The Morgan fingerprint density at radius 3 is 2.08 bits per heavy atom. The fourth-order valence-electron chi connectivity index (χ4n) is 4.34. The first-order valence-corrected chi connectivity index (χ1v) is 12.0. The number of benzene rings is 1. The third-order valence-electron chi connectivity index (χ3n) is 5.15. The van der Waals surface area contributed by atoms with Gasteiger partial charge in [0.15, 0.2) is 0 Å². The fraction of sp³-hybridized carbons (Fsp3) is 0.524. The number of halogens is 6. The Morgan fingerprint density at radius 2 is 1.58 bits per heavy atom. The molecule has 0 spiro atoms. The highest BCUT2D eigenvalue weighted by molar-refractivity contribution is 7.88. The van der Waals surface area contributed by atoms with Crippen LogP contribution < -0.4 is 19.6 Å². The van der Waals surface area contributed by atoms with E-state index < -0.39 is 33.5 Å². The maximum Gasteiger partial charge on any atom is 0.573 e. The van der Waals surface area contributed by atoms with Gasteiger partial charge in [-0.3, -0.25) is 0 Å². The Kier molecular flexibility index (Phi) is 7.13. The highest BCUT2D eigenvalue weighted by atomic mass is 32.2. The number of ether oxygens (including phenoxy) is 1.